The molecule has 1 N–H and O–H groups in total. The molecule has 5 heteroatoms. The van der Waals surface area contributed by atoms with Crippen molar-refractivity contribution in [1.82, 2.24) is 15.2 Å². The van der Waals surface area contributed by atoms with Crippen LogP contribution in [0.3, 0.4) is 0 Å². The van der Waals surface area contributed by atoms with Crippen LogP contribution in [0.5, 0.6) is 5.75 Å². The molecule has 1 atom stereocenters. The van der Waals surface area contributed by atoms with E-state index < -0.39 is 0 Å². The zero-order valence-corrected chi connectivity index (χ0v) is 13.4. The zero-order valence-electron chi connectivity index (χ0n) is 12.6. The summed E-state index contributed by atoms with van der Waals surface area (Å²) in [6.07, 6.45) is 3.67. The van der Waals surface area contributed by atoms with Crippen LogP contribution in [0.2, 0.25) is 5.02 Å². The third-order valence-electron chi connectivity index (χ3n) is 4.02. The summed E-state index contributed by atoms with van der Waals surface area (Å²) in [6.45, 7) is 3.96. The average Bonchev–Trinajstić information content (AvgIpc) is 2.57. The van der Waals surface area contributed by atoms with Crippen LogP contribution in [0, 0.1) is 0 Å². The van der Waals surface area contributed by atoms with E-state index in [0.29, 0.717) is 0 Å². The summed E-state index contributed by atoms with van der Waals surface area (Å²) in [5, 5.41) is 4.13. The lowest BCUT2D eigenvalue weighted by Gasteiger charge is -2.36. The van der Waals surface area contributed by atoms with Crippen molar-refractivity contribution in [3.63, 3.8) is 0 Å². The molecule has 2 aromatic rings. The van der Waals surface area contributed by atoms with E-state index >= 15 is 0 Å². The fourth-order valence-electron chi connectivity index (χ4n) is 2.99. The lowest BCUT2D eigenvalue weighted by Crippen LogP contribution is -2.45. The van der Waals surface area contributed by atoms with E-state index in [1.54, 1.807) is 7.11 Å². The summed E-state index contributed by atoms with van der Waals surface area (Å²) < 4.78 is 5.58. The maximum atomic E-state index is 6.25. The van der Waals surface area contributed by atoms with E-state index in [2.05, 4.69) is 27.3 Å². The Kier molecular flexibility index (Phi) is 4.93. The van der Waals surface area contributed by atoms with Gasteiger partial charge in [-0.05, 0) is 35.9 Å². The van der Waals surface area contributed by atoms with E-state index in [0.717, 1.165) is 42.5 Å². The topological polar surface area (TPSA) is 37.4 Å². The lowest BCUT2D eigenvalue weighted by atomic mass is 9.96. The van der Waals surface area contributed by atoms with Gasteiger partial charge in [-0.2, -0.15) is 0 Å². The zero-order chi connectivity index (χ0) is 15.4. The van der Waals surface area contributed by atoms with Crippen molar-refractivity contribution in [3.05, 3.63) is 58.9 Å². The number of halogens is 1. The highest BCUT2D eigenvalue weighted by molar-refractivity contribution is 6.30. The number of rotatable bonds is 4. The Labute approximate surface area is 136 Å². The number of hydrogen-bond acceptors (Lipinski definition) is 4. The quantitative estimate of drug-likeness (QED) is 0.941. The highest BCUT2D eigenvalue weighted by Crippen LogP contribution is 2.36. The third-order valence-corrected chi connectivity index (χ3v) is 4.26. The van der Waals surface area contributed by atoms with Crippen LogP contribution in [-0.2, 0) is 0 Å². The largest absolute Gasteiger partial charge is 0.496 e. The molecule has 1 fully saturated rings. The molecule has 0 amide bonds. The number of methoxy groups -OCH3 is 1. The van der Waals surface area contributed by atoms with Gasteiger partial charge in [-0.3, -0.25) is 9.88 Å². The van der Waals surface area contributed by atoms with Gasteiger partial charge in [0.05, 0.1) is 13.2 Å². The normalized spacial score (nSPS) is 17.2. The molecule has 116 valence electrons. The number of aromatic nitrogens is 1. The van der Waals surface area contributed by atoms with Crippen LogP contribution < -0.4 is 10.1 Å². The molecule has 1 aromatic heterocycles. The monoisotopic (exact) mass is 317 g/mol. The van der Waals surface area contributed by atoms with Gasteiger partial charge in [-0.15, -0.1) is 0 Å². The average molecular weight is 318 g/mol. The molecule has 1 aliphatic heterocycles. The van der Waals surface area contributed by atoms with E-state index in [9.17, 15) is 0 Å². The number of benzene rings is 1. The Balaban J connectivity index is 2.07. The Bertz CT molecular complexity index is 615. The van der Waals surface area contributed by atoms with Crippen LogP contribution in [0.15, 0.2) is 42.7 Å². The number of nitrogens with zero attached hydrogens (tertiary/aromatic N) is 2. The van der Waals surface area contributed by atoms with Gasteiger partial charge in [0.15, 0.2) is 0 Å². The maximum absolute atomic E-state index is 6.25. The fraction of sp³-hybridized carbons (Fsp3) is 0.353. The first-order chi connectivity index (χ1) is 10.8. The minimum atomic E-state index is 0.124. The number of ether oxygens (including phenoxy) is 1. The molecule has 22 heavy (non-hydrogen) atoms. The van der Waals surface area contributed by atoms with Crippen molar-refractivity contribution >= 4 is 11.6 Å². The van der Waals surface area contributed by atoms with E-state index in [1.165, 1.54) is 5.56 Å². The lowest BCUT2D eigenvalue weighted by molar-refractivity contribution is 0.195. The number of pyridine rings is 1. The van der Waals surface area contributed by atoms with Crippen LogP contribution in [0.1, 0.15) is 17.2 Å². The minimum absolute atomic E-state index is 0.124. The summed E-state index contributed by atoms with van der Waals surface area (Å²) in [4.78, 5) is 6.60. The molecule has 0 radical (unpaired) electrons. The van der Waals surface area contributed by atoms with Gasteiger partial charge in [0, 0.05) is 49.2 Å². The van der Waals surface area contributed by atoms with Crippen molar-refractivity contribution in [1.29, 1.82) is 0 Å². The first kappa shape index (κ1) is 15.3. The van der Waals surface area contributed by atoms with Gasteiger partial charge < -0.3 is 10.1 Å². The fourth-order valence-corrected chi connectivity index (χ4v) is 3.17. The molecule has 4 nitrogen and oxygen atoms in total. The minimum Gasteiger partial charge on any atom is -0.496 e. The van der Waals surface area contributed by atoms with Gasteiger partial charge in [-0.25, -0.2) is 0 Å². The van der Waals surface area contributed by atoms with Gasteiger partial charge >= 0.3 is 0 Å². The predicted molar refractivity (Wildman–Crippen MR) is 88.5 cm³/mol. The van der Waals surface area contributed by atoms with Gasteiger partial charge in [0.25, 0.3) is 0 Å². The summed E-state index contributed by atoms with van der Waals surface area (Å²) in [5.74, 6) is 0.866. The molecule has 3 rings (SSSR count). The SMILES string of the molecule is COc1ccc(Cl)cc1C(c1ccncc1)N1CCNCC1. The highest BCUT2D eigenvalue weighted by atomic mass is 35.5. The van der Waals surface area contributed by atoms with Crippen molar-refractivity contribution in [2.24, 2.45) is 0 Å². The van der Waals surface area contributed by atoms with Gasteiger partial charge in [-0.1, -0.05) is 11.6 Å². The summed E-state index contributed by atoms with van der Waals surface area (Å²) in [5.41, 5.74) is 2.31. The van der Waals surface area contributed by atoms with E-state index in [4.69, 9.17) is 16.3 Å². The highest BCUT2D eigenvalue weighted by Gasteiger charge is 2.26. The van der Waals surface area contributed by atoms with Crippen molar-refractivity contribution < 1.29 is 4.74 Å². The molecule has 2 heterocycles. The molecule has 0 bridgehead atoms. The van der Waals surface area contributed by atoms with Crippen molar-refractivity contribution in [3.8, 4) is 5.75 Å². The Hall–Kier alpha value is -1.62. The molecule has 1 aromatic carbocycles. The first-order valence-electron chi connectivity index (χ1n) is 7.47. The van der Waals surface area contributed by atoms with E-state index in [1.807, 2.05) is 30.6 Å². The summed E-state index contributed by atoms with van der Waals surface area (Å²) >= 11 is 6.25. The van der Waals surface area contributed by atoms with Crippen LogP contribution in [0.4, 0.5) is 0 Å². The molecule has 0 aliphatic carbocycles. The maximum Gasteiger partial charge on any atom is 0.124 e. The second-order valence-electron chi connectivity index (χ2n) is 5.36. The standard InChI is InChI=1S/C17H20ClN3O/c1-22-16-3-2-14(18)12-15(16)17(13-4-6-19-7-5-13)21-10-8-20-9-11-21/h2-7,12,17,20H,8-11H2,1H3. The third kappa shape index (κ3) is 3.24. The second-order valence-corrected chi connectivity index (χ2v) is 5.79. The summed E-state index contributed by atoms with van der Waals surface area (Å²) in [6, 6.07) is 10.1. The van der Waals surface area contributed by atoms with E-state index in [-0.39, 0.29) is 6.04 Å². The predicted octanol–water partition coefficient (Wildman–Crippen LogP) is 2.74. The molecule has 0 saturated carbocycles. The Morgan fingerprint density at radius 3 is 2.59 bits per heavy atom. The number of nitrogens with one attached hydrogen (secondary N) is 1. The molecule has 1 unspecified atom stereocenters. The molecular formula is C17H20ClN3O. The van der Waals surface area contributed by atoms with Crippen LogP contribution in [-0.4, -0.2) is 43.2 Å². The molecule has 1 aliphatic rings. The van der Waals surface area contributed by atoms with Gasteiger partial charge in [0.2, 0.25) is 0 Å². The first-order valence-corrected chi connectivity index (χ1v) is 7.85. The Morgan fingerprint density at radius 2 is 1.91 bits per heavy atom. The Morgan fingerprint density at radius 1 is 1.18 bits per heavy atom. The van der Waals surface area contributed by atoms with Gasteiger partial charge in [0.1, 0.15) is 5.75 Å². The molecule has 0 spiro atoms. The van der Waals surface area contributed by atoms with Crippen molar-refractivity contribution in [2.45, 2.75) is 6.04 Å². The smallest absolute Gasteiger partial charge is 0.124 e. The summed E-state index contributed by atoms with van der Waals surface area (Å²) in [7, 11) is 1.70. The van der Waals surface area contributed by atoms with Crippen LogP contribution >= 0.6 is 11.6 Å². The second kappa shape index (κ2) is 7.09. The number of hydrogen-bond donors (Lipinski definition) is 1. The van der Waals surface area contributed by atoms with Crippen molar-refractivity contribution in [2.75, 3.05) is 33.3 Å². The molecule has 1 saturated heterocycles. The number of piperazine rings is 1. The van der Waals surface area contributed by atoms with Crippen LogP contribution in [0.25, 0.3) is 0 Å². The molecular weight excluding hydrogens is 298 g/mol.